The first-order chi connectivity index (χ1) is 8.65. The van der Waals surface area contributed by atoms with Gasteiger partial charge in [-0.3, -0.25) is 4.79 Å². The third kappa shape index (κ3) is 3.42. The van der Waals surface area contributed by atoms with Gasteiger partial charge in [0.05, 0.1) is 18.1 Å². The Labute approximate surface area is 108 Å². The van der Waals surface area contributed by atoms with E-state index in [1.165, 1.54) is 25.7 Å². The van der Waals surface area contributed by atoms with Gasteiger partial charge in [-0.1, -0.05) is 12.8 Å². The minimum Gasteiger partial charge on any atom is -0.347 e. The Bertz CT molecular complexity index is 396. The maximum atomic E-state index is 11.8. The molecule has 0 atom stereocenters. The van der Waals surface area contributed by atoms with Gasteiger partial charge in [-0.25, -0.2) is 9.97 Å². The average molecular weight is 248 g/mol. The third-order valence-corrected chi connectivity index (χ3v) is 3.27. The zero-order chi connectivity index (χ0) is 13.0. The van der Waals surface area contributed by atoms with E-state index in [1.54, 1.807) is 12.4 Å². The molecule has 2 rings (SSSR count). The van der Waals surface area contributed by atoms with E-state index in [9.17, 15) is 4.79 Å². The molecule has 1 aromatic rings. The molecule has 0 aromatic carbocycles. The van der Waals surface area contributed by atoms with Crippen molar-refractivity contribution in [3.8, 4) is 0 Å². The fraction of sp³-hybridized carbons (Fsp3) is 0.615. The molecule has 0 spiro atoms. The molecular weight excluding hydrogens is 228 g/mol. The standard InChI is InChI=1S/C13H20N4O/c1-17(2)13-14-8-11(9-15-13)16-12(18)7-10-5-3-4-6-10/h8-10H,3-7H2,1-2H3,(H,16,18). The van der Waals surface area contributed by atoms with Crippen LogP contribution in [0.3, 0.4) is 0 Å². The second kappa shape index (κ2) is 5.80. The van der Waals surface area contributed by atoms with E-state index in [0.717, 1.165) is 0 Å². The maximum absolute atomic E-state index is 11.8. The van der Waals surface area contributed by atoms with Crippen LogP contribution in [-0.4, -0.2) is 30.0 Å². The Kier molecular flexibility index (Phi) is 4.12. The number of nitrogens with zero attached hydrogens (tertiary/aromatic N) is 3. The number of rotatable bonds is 4. The second-order valence-corrected chi connectivity index (χ2v) is 5.07. The van der Waals surface area contributed by atoms with Crippen LogP contribution in [0.1, 0.15) is 32.1 Å². The van der Waals surface area contributed by atoms with Crippen molar-refractivity contribution < 1.29 is 4.79 Å². The van der Waals surface area contributed by atoms with Gasteiger partial charge in [-0.05, 0) is 18.8 Å². The summed E-state index contributed by atoms with van der Waals surface area (Å²) in [6, 6.07) is 0. The molecule has 5 heteroatoms. The van der Waals surface area contributed by atoms with Crippen molar-refractivity contribution in [2.45, 2.75) is 32.1 Å². The van der Waals surface area contributed by atoms with Crippen molar-refractivity contribution >= 4 is 17.5 Å². The Morgan fingerprint density at radius 3 is 2.50 bits per heavy atom. The zero-order valence-corrected chi connectivity index (χ0v) is 11.0. The molecule has 1 N–H and O–H groups in total. The van der Waals surface area contributed by atoms with E-state index in [4.69, 9.17) is 0 Å². The van der Waals surface area contributed by atoms with Crippen molar-refractivity contribution in [2.75, 3.05) is 24.3 Å². The van der Waals surface area contributed by atoms with Gasteiger partial charge in [0.2, 0.25) is 11.9 Å². The summed E-state index contributed by atoms with van der Waals surface area (Å²) in [4.78, 5) is 22.0. The van der Waals surface area contributed by atoms with Crippen LogP contribution < -0.4 is 10.2 Å². The Morgan fingerprint density at radius 2 is 1.94 bits per heavy atom. The monoisotopic (exact) mass is 248 g/mol. The maximum Gasteiger partial charge on any atom is 0.224 e. The smallest absolute Gasteiger partial charge is 0.224 e. The molecule has 0 radical (unpaired) electrons. The van der Waals surface area contributed by atoms with E-state index in [1.807, 2.05) is 19.0 Å². The Morgan fingerprint density at radius 1 is 1.33 bits per heavy atom. The van der Waals surface area contributed by atoms with Crippen molar-refractivity contribution in [1.29, 1.82) is 0 Å². The lowest BCUT2D eigenvalue weighted by molar-refractivity contribution is -0.117. The molecule has 1 heterocycles. The molecule has 1 saturated carbocycles. The van der Waals surface area contributed by atoms with Gasteiger partial charge in [0.25, 0.3) is 0 Å². The molecule has 1 aliphatic rings. The molecular formula is C13H20N4O. The van der Waals surface area contributed by atoms with Crippen molar-refractivity contribution in [1.82, 2.24) is 9.97 Å². The van der Waals surface area contributed by atoms with Crippen LogP contribution in [0.5, 0.6) is 0 Å². The normalized spacial score (nSPS) is 15.7. The quantitative estimate of drug-likeness (QED) is 0.886. The molecule has 1 aromatic heterocycles. The molecule has 0 unspecified atom stereocenters. The summed E-state index contributed by atoms with van der Waals surface area (Å²) in [6.45, 7) is 0. The Hall–Kier alpha value is -1.65. The number of aromatic nitrogens is 2. The van der Waals surface area contributed by atoms with Crippen molar-refractivity contribution in [2.24, 2.45) is 5.92 Å². The van der Waals surface area contributed by atoms with Crippen molar-refractivity contribution in [3.05, 3.63) is 12.4 Å². The number of anilines is 2. The number of hydrogen-bond acceptors (Lipinski definition) is 4. The number of nitrogens with one attached hydrogen (secondary N) is 1. The lowest BCUT2D eigenvalue weighted by Gasteiger charge is -2.11. The largest absolute Gasteiger partial charge is 0.347 e. The first-order valence-corrected chi connectivity index (χ1v) is 6.44. The van der Waals surface area contributed by atoms with Crippen LogP contribution >= 0.6 is 0 Å². The number of amides is 1. The van der Waals surface area contributed by atoms with Gasteiger partial charge in [0, 0.05) is 20.5 Å². The highest BCUT2D eigenvalue weighted by atomic mass is 16.1. The van der Waals surface area contributed by atoms with E-state index >= 15 is 0 Å². The number of hydrogen-bond donors (Lipinski definition) is 1. The van der Waals surface area contributed by atoms with E-state index in [2.05, 4.69) is 15.3 Å². The lowest BCUT2D eigenvalue weighted by Crippen LogP contribution is -2.16. The van der Waals surface area contributed by atoms with Gasteiger partial charge in [-0.15, -0.1) is 0 Å². The summed E-state index contributed by atoms with van der Waals surface area (Å²) in [5.41, 5.74) is 0.670. The first kappa shape index (κ1) is 12.8. The molecule has 1 fully saturated rings. The summed E-state index contributed by atoms with van der Waals surface area (Å²) in [7, 11) is 3.77. The highest BCUT2D eigenvalue weighted by Gasteiger charge is 2.18. The summed E-state index contributed by atoms with van der Waals surface area (Å²) < 4.78 is 0. The van der Waals surface area contributed by atoms with Crippen LogP contribution in [0.2, 0.25) is 0 Å². The first-order valence-electron chi connectivity index (χ1n) is 6.44. The minimum absolute atomic E-state index is 0.0723. The van der Waals surface area contributed by atoms with E-state index in [0.29, 0.717) is 24.0 Å². The molecule has 0 bridgehead atoms. The summed E-state index contributed by atoms with van der Waals surface area (Å²) in [5, 5.41) is 2.85. The fourth-order valence-electron chi connectivity index (χ4n) is 2.31. The number of carbonyl (C=O) groups excluding carboxylic acids is 1. The topological polar surface area (TPSA) is 58.1 Å². The average Bonchev–Trinajstić information content (AvgIpc) is 2.82. The van der Waals surface area contributed by atoms with Crippen LogP contribution in [0.25, 0.3) is 0 Å². The van der Waals surface area contributed by atoms with Gasteiger partial charge < -0.3 is 10.2 Å². The second-order valence-electron chi connectivity index (χ2n) is 5.07. The van der Waals surface area contributed by atoms with E-state index in [-0.39, 0.29) is 5.91 Å². The summed E-state index contributed by atoms with van der Waals surface area (Å²) in [6.07, 6.45) is 8.81. The predicted octanol–water partition coefficient (Wildman–Crippen LogP) is 2.06. The molecule has 0 saturated heterocycles. The minimum atomic E-state index is 0.0723. The van der Waals surface area contributed by atoms with Crippen LogP contribution in [0, 0.1) is 5.92 Å². The van der Waals surface area contributed by atoms with Crippen LogP contribution in [-0.2, 0) is 4.79 Å². The lowest BCUT2D eigenvalue weighted by atomic mass is 10.0. The Balaban J connectivity index is 1.86. The molecule has 98 valence electrons. The summed E-state index contributed by atoms with van der Waals surface area (Å²) in [5.74, 6) is 1.28. The van der Waals surface area contributed by atoms with Crippen LogP contribution in [0.15, 0.2) is 12.4 Å². The predicted molar refractivity (Wildman–Crippen MR) is 71.6 cm³/mol. The summed E-state index contributed by atoms with van der Waals surface area (Å²) >= 11 is 0. The SMILES string of the molecule is CN(C)c1ncc(NC(=O)CC2CCCC2)cn1. The third-order valence-electron chi connectivity index (χ3n) is 3.27. The molecule has 18 heavy (non-hydrogen) atoms. The molecule has 0 aliphatic heterocycles. The molecule has 1 amide bonds. The molecule has 1 aliphatic carbocycles. The highest BCUT2D eigenvalue weighted by Crippen LogP contribution is 2.27. The van der Waals surface area contributed by atoms with Gasteiger partial charge in [-0.2, -0.15) is 0 Å². The van der Waals surface area contributed by atoms with Gasteiger partial charge >= 0.3 is 0 Å². The fourth-order valence-corrected chi connectivity index (χ4v) is 2.31. The van der Waals surface area contributed by atoms with Gasteiger partial charge in [0.15, 0.2) is 0 Å². The number of carbonyl (C=O) groups is 1. The van der Waals surface area contributed by atoms with Crippen LogP contribution in [0.4, 0.5) is 11.6 Å². The van der Waals surface area contributed by atoms with E-state index < -0.39 is 0 Å². The highest BCUT2D eigenvalue weighted by molar-refractivity contribution is 5.90. The molecule has 5 nitrogen and oxygen atoms in total. The van der Waals surface area contributed by atoms with Gasteiger partial charge in [0.1, 0.15) is 0 Å². The zero-order valence-electron chi connectivity index (χ0n) is 11.0. The van der Waals surface area contributed by atoms with Crippen molar-refractivity contribution in [3.63, 3.8) is 0 Å².